The summed E-state index contributed by atoms with van der Waals surface area (Å²) in [6, 6.07) is 0.476. The van der Waals surface area contributed by atoms with Crippen molar-refractivity contribution in [1.29, 1.82) is 0 Å². The predicted molar refractivity (Wildman–Crippen MR) is 54.9 cm³/mol. The molecule has 0 saturated carbocycles. The van der Waals surface area contributed by atoms with Gasteiger partial charge >= 0.3 is 0 Å². The van der Waals surface area contributed by atoms with Gasteiger partial charge in [0.1, 0.15) is 0 Å². The molecule has 0 aliphatic carbocycles. The van der Waals surface area contributed by atoms with Gasteiger partial charge in [-0.2, -0.15) is 0 Å². The molecule has 0 aromatic heterocycles. The minimum absolute atomic E-state index is 0.151. The molecule has 0 spiro atoms. The Morgan fingerprint density at radius 2 is 2.08 bits per heavy atom. The second-order valence-corrected chi connectivity index (χ2v) is 3.49. The van der Waals surface area contributed by atoms with Gasteiger partial charge in [-0.3, -0.25) is 0 Å². The number of hydrogen-bond acceptors (Lipinski definition) is 3. The zero-order valence-electron chi connectivity index (χ0n) is 9.05. The van der Waals surface area contributed by atoms with E-state index in [1.165, 1.54) is 0 Å². The highest BCUT2D eigenvalue weighted by atomic mass is 16.5. The largest absolute Gasteiger partial charge is 0.393 e. The molecule has 2 N–H and O–H groups in total. The standard InChI is InChI=1S/C10H23NO2/c1-4-10(12)5-7-11-9(2)6-8-13-3/h9-12H,4-8H2,1-3H3. The average molecular weight is 189 g/mol. The van der Waals surface area contributed by atoms with Crippen molar-refractivity contribution in [3.05, 3.63) is 0 Å². The first-order valence-electron chi connectivity index (χ1n) is 5.11. The molecule has 0 fully saturated rings. The van der Waals surface area contributed by atoms with E-state index in [1.54, 1.807) is 7.11 Å². The highest BCUT2D eigenvalue weighted by Crippen LogP contribution is 1.96. The molecule has 0 aromatic rings. The van der Waals surface area contributed by atoms with Gasteiger partial charge < -0.3 is 15.2 Å². The topological polar surface area (TPSA) is 41.5 Å². The summed E-state index contributed by atoms with van der Waals surface area (Å²) in [7, 11) is 1.72. The van der Waals surface area contributed by atoms with E-state index in [9.17, 15) is 5.11 Å². The third kappa shape index (κ3) is 8.22. The highest BCUT2D eigenvalue weighted by molar-refractivity contribution is 4.62. The summed E-state index contributed by atoms with van der Waals surface area (Å²) in [6.45, 7) is 5.82. The second-order valence-electron chi connectivity index (χ2n) is 3.49. The molecule has 2 atom stereocenters. The predicted octanol–water partition coefficient (Wildman–Crippen LogP) is 1.16. The first kappa shape index (κ1) is 12.9. The van der Waals surface area contributed by atoms with Crippen molar-refractivity contribution in [2.75, 3.05) is 20.3 Å². The van der Waals surface area contributed by atoms with Gasteiger partial charge in [-0.05, 0) is 32.7 Å². The Bertz CT molecular complexity index is 109. The van der Waals surface area contributed by atoms with Crippen LogP contribution in [-0.4, -0.2) is 37.5 Å². The third-order valence-electron chi connectivity index (χ3n) is 2.20. The summed E-state index contributed by atoms with van der Waals surface area (Å²) >= 11 is 0. The highest BCUT2D eigenvalue weighted by Gasteiger charge is 2.03. The lowest BCUT2D eigenvalue weighted by Crippen LogP contribution is -2.30. The van der Waals surface area contributed by atoms with Gasteiger partial charge in [0.05, 0.1) is 6.10 Å². The molecular formula is C10H23NO2. The summed E-state index contributed by atoms with van der Waals surface area (Å²) in [6.07, 6.45) is 2.56. The normalized spacial score (nSPS) is 15.7. The number of hydrogen-bond donors (Lipinski definition) is 2. The summed E-state index contributed by atoms with van der Waals surface area (Å²) in [4.78, 5) is 0. The Morgan fingerprint density at radius 1 is 1.38 bits per heavy atom. The van der Waals surface area contributed by atoms with Crippen molar-refractivity contribution in [3.63, 3.8) is 0 Å². The van der Waals surface area contributed by atoms with Crippen LogP contribution in [0.4, 0.5) is 0 Å². The van der Waals surface area contributed by atoms with Gasteiger partial charge in [0.15, 0.2) is 0 Å². The lowest BCUT2D eigenvalue weighted by Gasteiger charge is -2.14. The minimum Gasteiger partial charge on any atom is -0.393 e. The van der Waals surface area contributed by atoms with Crippen LogP contribution in [0.2, 0.25) is 0 Å². The Kier molecular flexibility index (Phi) is 8.40. The maximum atomic E-state index is 9.28. The molecule has 0 heterocycles. The molecule has 3 heteroatoms. The maximum Gasteiger partial charge on any atom is 0.0549 e. The van der Waals surface area contributed by atoms with Crippen LogP contribution in [0.5, 0.6) is 0 Å². The van der Waals surface area contributed by atoms with E-state index in [0.717, 1.165) is 32.4 Å². The van der Waals surface area contributed by atoms with Crippen LogP contribution in [-0.2, 0) is 4.74 Å². The Hall–Kier alpha value is -0.120. The molecule has 80 valence electrons. The Morgan fingerprint density at radius 3 is 2.62 bits per heavy atom. The lowest BCUT2D eigenvalue weighted by molar-refractivity contribution is 0.155. The van der Waals surface area contributed by atoms with Crippen LogP contribution >= 0.6 is 0 Å². The van der Waals surface area contributed by atoms with Crippen LogP contribution in [0.25, 0.3) is 0 Å². The van der Waals surface area contributed by atoms with Crippen molar-refractivity contribution < 1.29 is 9.84 Å². The van der Waals surface area contributed by atoms with Crippen LogP contribution < -0.4 is 5.32 Å². The van der Waals surface area contributed by atoms with E-state index < -0.39 is 0 Å². The third-order valence-corrected chi connectivity index (χ3v) is 2.20. The number of rotatable bonds is 8. The van der Waals surface area contributed by atoms with Gasteiger partial charge in [-0.1, -0.05) is 6.92 Å². The van der Waals surface area contributed by atoms with Gasteiger partial charge in [0.2, 0.25) is 0 Å². The van der Waals surface area contributed by atoms with Crippen molar-refractivity contribution in [2.24, 2.45) is 0 Å². The van der Waals surface area contributed by atoms with E-state index in [-0.39, 0.29) is 6.10 Å². The summed E-state index contributed by atoms with van der Waals surface area (Å²) in [5, 5.41) is 12.6. The van der Waals surface area contributed by atoms with E-state index in [1.807, 2.05) is 6.92 Å². The van der Waals surface area contributed by atoms with Gasteiger partial charge in [0.25, 0.3) is 0 Å². The fourth-order valence-electron chi connectivity index (χ4n) is 1.10. The summed E-state index contributed by atoms with van der Waals surface area (Å²) in [5.41, 5.74) is 0. The number of nitrogens with one attached hydrogen (secondary N) is 1. The molecule has 0 aliphatic heterocycles. The van der Waals surface area contributed by atoms with Gasteiger partial charge in [-0.25, -0.2) is 0 Å². The zero-order chi connectivity index (χ0) is 10.1. The molecule has 3 nitrogen and oxygen atoms in total. The number of ether oxygens (including phenoxy) is 1. The van der Waals surface area contributed by atoms with Crippen LogP contribution in [0.3, 0.4) is 0 Å². The van der Waals surface area contributed by atoms with E-state index >= 15 is 0 Å². The first-order valence-corrected chi connectivity index (χ1v) is 5.11. The fraction of sp³-hybridized carbons (Fsp3) is 1.00. The van der Waals surface area contributed by atoms with E-state index in [0.29, 0.717) is 6.04 Å². The zero-order valence-corrected chi connectivity index (χ0v) is 9.05. The maximum absolute atomic E-state index is 9.28. The number of methoxy groups -OCH3 is 1. The summed E-state index contributed by atoms with van der Waals surface area (Å²) < 4.78 is 4.97. The monoisotopic (exact) mass is 189 g/mol. The minimum atomic E-state index is -0.151. The Labute approximate surface area is 81.5 Å². The average Bonchev–Trinajstić information content (AvgIpc) is 2.14. The number of aliphatic hydroxyl groups excluding tert-OH is 1. The fourth-order valence-corrected chi connectivity index (χ4v) is 1.10. The number of aliphatic hydroxyl groups is 1. The van der Waals surface area contributed by atoms with Crippen LogP contribution in [0, 0.1) is 0 Å². The Balaban J connectivity index is 3.21. The molecule has 0 aliphatic rings. The molecule has 0 radical (unpaired) electrons. The quantitative estimate of drug-likeness (QED) is 0.602. The first-order chi connectivity index (χ1) is 6.20. The molecule has 0 amide bonds. The van der Waals surface area contributed by atoms with E-state index in [2.05, 4.69) is 12.2 Å². The van der Waals surface area contributed by atoms with Crippen LogP contribution in [0.15, 0.2) is 0 Å². The summed E-state index contributed by atoms with van der Waals surface area (Å²) in [5.74, 6) is 0. The molecule has 13 heavy (non-hydrogen) atoms. The van der Waals surface area contributed by atoms with Crippen molar-refractivity contribution in [1.82, 2.24) is 5.32 Å². The van der Waals surface area contributed by atoms with Crippen molar-refractivity contribution >= 4 is 0 Å². The van der Waals surface area contributed by atoms with Crippen molar-refractivity contribution in [3.8, 4) is 0 Å². The SMILES string of the molecule is CCC(O)CCNC(C)CCOC. The molecule has 2 unspecified atom stereocenters. The van der Waals surface area contributed by atoms with E-state index in [4.69, 9.17) is 4.74 Å². The molecule has 0 bridgehead atoms. The molecular weight excluding hydrogens is 166 g/mol. The molecule has 0 rings (SSSR count). The lowest BCUT2D eigenvalue weighted by atomic mass is 10.2. The molecule has 0 aromatic carbocycles. The van der Waals surface area contributed by atoms with Crippen LogP contribution in [0.1, 0.15) is 33.1 Å². The van der Waals surface area contributed by atoms with Gasteiger partial charge in [0, 0.05) is 19.8 Å². The smallest absolute Gasteiger partial charge is 0.0549 e. The second kappa shape index (κ2) is 8.48. The van der Waals surface area contributed by atoms with Gasteiger partial charge in [-0.15, -0.1) is 0 Å². The van der Waals surface area contributed by atoms with Crippen molar-refractivity contribution in [2.45, 2.75) is 45.3 Å². The molecule has 0 saturated heterocycles.